The summed E-state index contributed by atoms with van der Waals surface area (Å²) in [5.74, 6) is -0.452. The van der Waals surface area contributed by atoms with E-state index in [-0.39, 0.29) is 11.7 Å². The topological polar surface area (TPSA) is 69.2 Å². The number of carbonyl (C=O) groups excluding carboxylic acids is 1. The van der Waals surface area contributed by atoms with Crippen LogP contribution in [0.4, 0.5) is 4.39 Å². The summed E-state index contributed by atoms with van der Waals surface area (Å²) in [6.45, 7) is 2.59. The smallest absolute Gasteiger partial charge is 0.254 e. The van der Waals surface area contributed by atoms with Gasteiger partial charge < -0.3 is 10.0 Å². The number of nitrogens with zero attached hydrogens (tertiary/aromatic N) is 2. The van der Waals surface area contributed by atoms with E-state index in [0.717, 1.165) is 16.0 Å². The molecule has 1 saturated heterocycles. The van der Waals surface area contributed by atoms with Crippen LogP contribution in [0.2, 0.25) is 0 Å². The van der Waals surface area contributed by atoms with E-state index in [2.05, 4.69) is 10.2 Å². The summed E-state index contributed by atoms with van der Waals surface area (Å²) >= 11 is 1.49. The molecule has 3 heterocycles. The molecule has 27 heavy (non-hydrogen) atoms. The number of aromatic amines is 1. The zero-order valence-electron chi connectivity index (χ0n) is 14.9. The highest BCUT2D eigenvalue weighted by molar-refractivity contribution is 7.13. The molecule has 0 atom stereocenters. The van der Waals surface area contributed by atoms with Crippen molar-refractivity contribution in [2.24, 2.45) is 0 Å². The van der Waals surface area contributed by atoms with Gasteiger partial charge in [-0.25, -0.2) is 4.39 Å². The molecule has 0 saturated carbocycles. The summed E-state index contributed by atoms with van der Waals surface area (Å²) in [6, 6.07) is 6.75. The van der Waals surface area contributed by atoms with E-state index < -0.39 is 5.60 Å². The average molecular weight is 385 g/mol. The number of aromatic nitrogens is 2. The Hall–Kier alpha value is -2.51. The number of likely N-dealkylation sites (tertiary alicyclic amines) is 1. The fourth-order valence-electron chi connectivity index (χ4n) is 3.51. The third-order valence-corrected chi connectivity index (χ3v) is 6.11. The van der Waals surface area contributed by atoms with Gasteiger partial charge in [0, 0.05) is 40.7 Å². The van der Waals surface area contributed by atoms with Gasteiger partial charge in [0.05, 0.1) is 17.4 Å². The molecule has 3 aromatic rings. The van der Waals surface area contributed by atoms with Crippen LogP contribution >= 0.6 is 11.3 Å². The number of hydrogen-bond donors (Lipinski definition) is 2. The Morgan fingerprint density at radius 1 is 1.33 bits per heavy atom. The Morgan fingerprint density at radius 3 is 2.78 bits per heavy atom. The van der Waals surface area contributed by atoms with Crippen molar-refractivity contribution in [3.05, 3.63) is 64.5 Å². The van der Waals surface area contributed by atoms with Gasteiger partial charge in [-0.05, 0) is 37.5 Å². The molecule has 0 spiro atoms. The van der Waals surface area contributed by atoms with E-state index in [0.29, 0.717) is 37.1 Å². The van der Waals surface area contributed by atoms with Crippen LogP contribution in [0.15, 0.2) is 42.0 Å². The highest BCUT2D eigenvalue weighted by Gasteiger charge is 2.37. The van der Waals surface area contributed by atoms with Crippen LogP contribution in [0.1, 0.15) is 34.3 Å². The summed E-state index contributed by atoms with van der Waals surface area (Å²) < 4.78 is 14.3. The normalized spacial score (nSPS) is 16.5. The first-order valence-electron chi connectivity index (χ1n) is 8.82. The van der Waals surface area contributed by atoms with Gasteiger partial charge in [-0.1, -0.05) is 12.1 Å². The van der Waals surface area contributed by atoms with Crippen molar-refractivity contribution in [3.8, 4) is 10.4 Å². The molecular formula is C20H20FN3O2S. The number of aryl methyl sites for hydroxylation is 1. The molecule has 140 valence electrons. The number of aliphatic hydroxyl groups is 1. The minimum Gasteiger partial charge on any atom is -0.385 e. The largest absolute Gasteiger partial charge is 0.385 e. The van der Waals surface area contributed by atoms with Gasteiger partial charge in [-0.3, -0.25) is 9.89 Å². The van der Waals surface area contributed by atoms with Crippen LogP contribution in [0.25, 0.3) is 10.4 Å². The van der Waals surface area contributed by atoms with Crippen LogP contribution in [0.5, 0.6) is 0 Å². The fourth-order valence-corrected chi connectivity index (χ4v) is 4.38. The average Bonchev–Trinajstić information content (AvgIpc) is 3.33. The molecule has 1 aliphatic rings. The van der Waals surface area contributed by atoms with Crippen LogP contribution in [0, 0.1) is 12.7 Å². The van der Waals surface area contributed by atoms with Crippen LogP contribution < -0.4 is 0 Å². The zero-order valence-corrected chi connectivity index (χ0v) is 15.7. The van der Waals surface area contributed by atoms with Crippen molar-refractivity contribution >= 4 is 17.2 Å². The maximum Gasteiger partial charge on any atom is 0.254 e. The quantitative estimate of drug-likeness (QED) is 0.722. The Bertz CT molecular complexity index is 960. The number of rotatable bonds is 3. The van der Waals surface area contributed by atoms with Crippen molar-refractivity contribution in [1.82, 2.24) is 15.1 Å². The Balaban J connectivity index is 1.46. The first-order chi connectivity index (χ1) is 13.0. The fraction of sp³-hybridized carbons (Fsp3) is 0.300. The van der Waals surface area contributed by atoms with E-state index >= 15 is 0 Å². The Kier molecular flexibility index (Phi) is 4.57. The van der Waals surface area contributed by atoms with Gasteiger partial charge >= 0.3 is 0 Å². The Morgan fingerprint density at radius 2 is 2.11 bits per heavy atom. The van der Waals surface area contributed by atoms with Gasteiger partial charge in [0.25, 0.3) is 5.91 Å². The maximum absolute atomic E-state index is 14.3. The minimum atomic E-state index is -1.23. The monoisotopic (exact) mass is 385 g/mol. The van der Waals surface area contributed by atoms with Crippen LogP contribution in [-0.2, 0) is 5.60 Å². The van der Waals surface area contributed by atoms with E-state index in [9.17, 15) is 14.3 Å². The number of H-pyrrole nitrogens is 1. The van der Waals surface area contributed by atoms with E-state index in [4.69, 9.17) is 0 Å². The molecule has 2 aromatic heterocycles. The molecule has 0 aliphatic carbocycles. The lowest BCUT2D eigenvalue weighted by Crippen LogP contribution is -2.45. The van der Waals surface area contributed by atoms with E-state index in [1.54, 1.807) is 29.4 Å². The molecule has 7 heteroatoms. The lowest BCUT2D eigenvalue weighted by molar-refractivity contribution is -0.0235. The third kappa shape index (κ3) is 3.40. The van der Waals surface area contributed by atoms with E-state index in [1.807, 2.05) is 18.4 Å². The van der Waals surface area contributed by atoms with Crippen molar-refractivity contribution in [1.29, 1.82) is 0 Å². The number of carbonyl (C=O) groups is 1. The minimum absolute atomic E-state index is 0.0626. The SMILES string of the molecule is Cc1ccc(C2(O)CCN(C(=O)c3csc(-c4cn[nH]c4)c3)CC2)c(F)c1. The second-order valence-corrected chi connectivity index (χ2v) is 7.90. The molecule has 1 aliphatic heterocycles. The molecule has 5 nitrogen and oxygen atoms in total. The van der Waals surface area contributed by atoms with Crippen molar-refractivity contribution in [2.45, 2.75) is 25.4 Å². The molecule has 0 radical (unpaired) electrons. The molecule has 0 bridgehead atoms. The molecular weight excluding hydrogens is 365 g/mol. The number of hydrogen-bond acceptors (Lipinski definition) is 4. The summed E-state index contributed by atoms with van der Waals surface area (Å²) in [5, 5.41) is 19.5. The number of benzene rings is 1. The summed E-state index contributed by atoms with van der Waals surface area (Å²) in [7, 11) is 0. The number of amides is 1. The Labute approximate surface area is 160 Å². The lowest BCUT2D eigenvalue weighted by atomic mass is 9.83. The third-order valence-electron chi connectivity index (χ3n) is 5.13. The van der Waals surface area contributed by atoms with Gasteiger partial charge in [-0.15, -0.1) is 11.3 Å². The standard InChI is InChI=1S/C20H20FN3O2S/c1-13-2-3-16(17(21)8-13)20(26)4-6-24(7-5-20)19(25)14-9-18(27-12-14)15-10-22-23-11-15/h2-3,8-12,26H,4-7H2,1H3,(H,22,23). The van der Waals surface area contributed by atoms with Crippen LogP contribution in [-0.4, -0.2) is 39.2 Å². The number of piperidine rings is 1. The highest BCUT2D eigenvalue weighted by Crippen LogP contribution is 2.35. The number of halogens is 1. The van der Waals surface area contributed by atoms with Gasteiger partial charge in [0.1, 0.15) is 5.82 Å². The van der Waals surface area contributed by atoms with Gasteiger partial charge in [0.15, 0.2) is 0 Å². The zero-order chi connectivity index (χ0) is 19.0. The summed E-state index contributed by atoms with van der Waals surface area (Å²) in [4.78, 5) is 15.5. The molecule has 4 rings (SSSR count). The molecule has 0 unspecified atom stereocenters. The van der Waals surface area contributed by atoms with Crippen molar-refractivity contribution in [2.75, 3.05) is 13.1 Å². The predicted octanol–water partition coefficient (Wildman–Crippen LogP) is 3.71. The van der Waals surface area contributed by atoms with Crippen molar-refractivity contribution < 1.29 is 14.3 Å². The second-order valence-electron chi connectivity index (χ2n) is 6.99. The molecule has 1 fully saturated rings. The molecule has 2 N–H and O–H groups in total. The summed E-state index contributed by atoms with van der Waals surface area (Å²) in [5.41, 5.74) is 1.48. The predicted molar refractivity (Wildman–Crippen MR) is 102 cm³/mol. The van der Waals surface area contributed by atoms with Gasteiger partial charge in [-0.2, -0.15) is 5.10 Å². The number of thiophene rings is 1. The maximum atomic E-state index is 14.3. The summed E-state index contributed by atoms with van der Waals surface area (Å²) in [6.07, 6.45) is 4.14. The van der Waals surface area contributed by atoms with Crippen molar-refractivity contribution in [3.63, 3.8) is 0 Å². The molecule has 1 aromatic carbocycles. The molecule has 1 amide bonds. The number of nitrogens with one attached hydrogen (secondary N) is 1. The van der Waals surface area contributed by atoms with Gasteiger partial charge in [0.2, 0.25) is 0 Å². The lowest BCUT2D eigenvalue weighted by Gasteiger charge is -2.38. The highest BCUT2D eigenvalue weighted by atomic mass is 32.1. The first-order valence-corrected chi connectivity index (χ1v) is 9.70. The van der Waals surface area contributed by atoms with Crippen LogP contribution in [0.3, 0.4) is 0 Å². The van der Waals surface area contributed by atoms with E-state index in [1.165, 1.54) is 17.4 Å². The second kappa shape index (κ2) is 6.90. The first kappa shape index (κ1) is 17.9.